The van der Waals surface area contributed by atoms with Gasteiger partial charge in [0.05, 0.1) is 5.69 Å². The van der Waals surface area contributed by atoms with Crippen molar-refractivity contribution in [3.63, 3.8) is 0 Å². The molecule has 2 rings (SSSR count). The Labute approximate surface area is 195 Å². The first-order valence-electron chi connectivity index (χ1n) is 11.8. The normalized spacial score (nSPS) is 13.9. The maximum Gasteiger partial charge on any atom is 0.141 e. The number of benzene rings is 1. The minimum atomic E-state index is 0.317. The van der Waals surface area contributed by atoms with Crippen molar-refractivity contribution in [2.75, 3.05) is 6.54 Å². The van der Waals surface area contributed by atoms with Crippen molar-refractivity contribution in [2.24, 2.45) is 5.92 Å². The Morgan fingerprint density at radius 2 is 1.72 bits per heavy atom. The number of nitrogens with zero attached hydrogens (tertiary/aromatic N) is 3. The van der Waals surface area contributed by atoms with E-state index in [4.69, 9.17) is 0 Å². The lowest BCUT2D eigenvalue weighted by molar-refractivity contribution is 0.135. The molecule has 1 aromatic carbocycles. The van der Waals surface area contributed by atoms with Crippen LogP contribution in [0.1, 0.15) is 81.6 Å². The summed E-state index contributed by atoms with van der Waals surface area (Å²) >= 11 is 0. The third-order valence-corrected chi connectivity index (χ3v) is 6.69. The zero-order chi connectivity index (χ0) is 23.8. The molecule has 0 fully saturated rings. The van der Waals surface area contributed by atoms with Gasteiger partial charge < -0.3 is 0 Å². The van der Waals surface area contributed by atoms with Crippen molar-refractivity contribution in [3.8, 4) is 6.07 Å². The summed E-state index contributed by atoms with van der Waals surface area (Å²) in [5.74, 6) is 0.317. The first kappa shape index (κ1) is 25.6. The number of hydrogen-bond donors (Lipinski definition) is 0. The van der Waals surface area contributed by atoms with E-state index in [0.29, 0.717) is 30.1 Å². The second-order valence-electron chi connectivity index (χ2n) is 9.04. The van der Waals surface area contributed by atoms with Crippen LogP contribution < -0.4 is 0 Å². The molecular weight excluding hydrogens is 390 g/mol. The Hall–Kier alpha value is -2.70. The van der Waals surface area contributed by atoms with Gasteiger partial charge in [0.25, 0.3) is 0 Å². The third kappa shape index (κ3) is 6.40. The van der Waals surface area contributed by atoms with Crippen LogP contribution >= 0.6 is 0 Å². The van der Waals surface area contributed by atoms with E-state index >= 15 is 0 Å². The molecule has 0 radical (unpaired) electrons. The molecule has 2 aromatic rings. The molecule has 0 bridgehead atoms. The molecule has 0 aliphatic rings. The van der Waals surface area contributed by atoms with Crippen LogP contribution in [0.5, 0.6) is 0 Å². The number of aromatic nitrogens is 1. The van der Waals surface area contributed by atoms with Crippen LogP contribution in [0.3, 0.4) is 0 Å². The predicted octanol–water partition coefficient (Wildman–Crippen LogP) is 7.28. The van der Waals surface area contributed by atoms with Crippen LogP contribution in [0.25, 0.3) is 5.57 Å². The molecule has 170 valence electrons. The van der Waals surface area contributed by atoms with Gasteiger partial charge >= 0.3 is 0 Å². The van der Waals surface area contributed by atoms with Gasteiger partial charge in [-0.1, -0.05) is 69.8 Å². The number of nitriles is 1. The molecule has 1 aromatic heterocycles. The third-order valence-electron chi connectivity index (χ3n) is 6.69. The summed E-state index contributed by atoms with van der Waals surface area (Å²) in [6, 6.07) is 15.7. The van der Waals surface area contributed by atoms with E-state index in [-0.39, 0.29) is 0 Å². The Balaban J connectivity index is 2.13. The summed E-state index contributed by atoms with van der Waals surface area (Å²) in [6.07, 6.45) is 2.86. The lowest BCUT2D eigenvalue weighted by Crippen LogP contribution is -2.38. The summed E-state index contributed by atoms with van der Waals surface area (Å²) < 4.78 is 0. The van der Waals surface area contributed by atoms with Gasteiger partial charge in [-0.25, -0.2) is 4.98 Å². The van der Waals surface area contributed by atoms with Crippen LogP contribution in [0.4, 0.5) is 0 Å². The number of aryl methyl sites for hydroxylation is 2. The fourth-order valence-electron chi connectivity index (χ4n) is 4.10. The molecule has 0 saturated heterocycles. The topological polar surface area (TPSA) is 39.9 Å². The number of allylic oxidation sites excluding steroid dienone is 1. The van der Waals surface area contributed by atoms with E-state index < -0.39 is 0 Å². The average Bonchev–Trinajstić information content (AvgIpc) is 2.81. The molecule has 0 aliphatic heterocycles. The molecule has 3 nitrogen and oxygen atoms in total. The van der Waals surface area contributed by atoms with Gasteiger partial charge in [0.15, 0.2) is 0 Å². The molecule has 1 heterocycles. The number of rotatable bonds is 11. The van der Waals surface area contributed by atoms with Gasteiger partial charge in [-0.05, 0) is 74.3 Å². The van der Waals surface area contributed by atoms with E-state index in [1.165, 1.54) is 11.1 Å². The zero-order valence-corrected chi connectivity index (χ0v) is 20.8. The molecular formula is C29H39N3. The number of hydrogen-bond acceptors (Lipinski definition) is 3. The predicted molar refractivity (Wildman–Crippen MR) is 136 cm³/mol. The highest BCUT2D eigenvalue weighted by molar-refractivity contribution is 5.65. The van der Waals surface area contributed by atoms with E-state index in [1.54, 1.807) is 6.07 Å². The Morgan fingerprint density at radius 1 is 1.06 bits per heavy atom. The Bertz CT molecular complexity index is 965. The summed E-state index contributed by atoms with van der Waals surface area (Å²) in [7, 11) is 0. The minimum absolute atomic E-state index is 0.317. The van der Waals surface area contributed by atoms with E-state index in [2.05, 4.69) is 88.0 Å². The SMILES string of the molecule is C=C(CC(=C)[C@@H](C)CN(C(C)c1ccc(CC)cc1)[C@H](C)CC)c1nc(C#N)ccc1C. The van der Waals surface area contributed by atoms with Crippen molar-refractivity contribution in [1.82, 2.24) is 9.88 Å². The standard InChI is InChI=1S/C29H39N3/c1-9-24(7)32(25(8)27-14-12-26(10-2)13-15-27)19-23(6)21(4)17-22(5)29-20(3)11-16-28(18-30)31-29/h11-16,23-25H,4-5,9-10,17,19H2,1-3,6-8H3/t23-,24+,25?/m0/s1. The largest absolute Gasteiger partial charge is 0.293 e. The van der Waals surface area contributed by atoms with Crippen LogP contribution in [-0.2, 0) is 6.42 Å². The van der Waals surface area contributed by atoms with Crippen LogP contribution in [-0.4, -0.2) is 22.5 Å². The fraction of sp³-hybridized carbons (Fsp3) is 0.448. The second kappa shape index (κ2) is 11.8. The zero-order valence-electron chi connectivity index (χ0n) is 20.8. The van der Waals surface area contributed by atoms with E-state index in [1.807, 2.05) is 13.0 Å². The average molecular weight is 430 g/mol. The Kier molecular flexibility index (Phi) is 9.42. The van der Waals surface area contributed by atoms with Crippen molar-refractivity contribution in [2.45, 2.75) is 72.9 Å². The van der Waals surface area contributed by atoms with Gasteiger partial charge in [0.2, 0.25) is 0 Å². The molecule has 3 atom stereocenters. The highest BCUT2D eigenvalue weighted by atomic mass is 15.2. The molecule has 32 heavy (non-hydrogen) atoms. The summed E-state index contributed by atoms with van der Waals surface area (Å²) in [5, 5.41) is 9.19. The van der Waals surface area contributed by atoms with Crippen LogP contribution in [0.15, 0.2) is 55.1 Å². The molecule has 3 heteroatoms. The second-order valence-corrected chi connectivity index (χ2v) is 9.04. The minimum Gasteiger partial charge on any atom is -0.293 e. The molecule has 0 spiro atoms. The van der Waals surface area contributed by atoms with E-state index in [0.717, 1.165) is 41.8 Å². The molecule has 0 saturated carbocycles. The van der Waals surface area contributed by atoms with Gasteiger partial charge in [-0.2, -0.15) is 5.26 Å². The van der Waals surface area contributed by atoms with Gasteiger partial charge in [0.1, 0.15) is 11.8 Å². The highest BCUT2D eigenvalue weighted by Gasteiger charge is 2.24. The van der Waals surface area contributed by atoms with E-state index in [9.17, 15) is 5.26 Å². The maximum absolute atomic E-state index is 9.19. The smallest absolute Gasteiger partial charge is 0.141 e. The van der Waals surface area contributed by atoms with Crippen molar-refractivity contribution >= 4 is 5.57 Å². The van der Waals surface area contributed by atoms with Gasteiger partial charge in [0, 0.05) is 18.6 Å². The van der Waals surface area contributed by atoms with Gasteiger partial charge in [-0.15, -0.1) is 0 Å². The molecule has 0 N–H and O–H groups in total. The quantitative estimate of drug-likeness (QED) is 0.352. The maximum atomic E-state index is 9.19. The first-order chi connectivity index (χ1) is 15.2. The Morgan fingerprint density at radius 3 is 2.28 bits per heavy atom. The van der Waals surface area contributed by atoms with Crippen molar-refractivity contribution < 1.29 is 0 Å². The van der Waals surface area contributed by atoms with Crippen molar-refractivity contribution in [1.29, 1.82) is 5.26 Å². The molecule has 1 unspecified atom stereocenters. The summed E-state index contributed by atoms with van der Waals surface area (Å²) in [6.45, 7) is 22.9. The number of pyridine rings is 1. The lowest BCUT2D eigenvalue weighted by Gasteiger charge is -2.37. The summed E-state index contributed by atoms with van der Waals surface area (Å²) in [5.41, 5.74) is 7.10. The molecule has 0 aliphatic carbocycles. The first-order valence-corrected chi connectivity index (χ1v) is 11.8. The molecule has 0 amide bonds. The fourth-order valence-corrected chi connectivity index (χ4v) is 4.10. The van der Waals surface area contributed by atoms with Gasteiger partial charge in [-0.3, -0.25) is 4.90 Å². The van der Waals surface area contributed by atoms with Crippen LogP contribution in [0.2, 0.25) is 0 Å². The highest BCUT2D eigenvalue weighted by Crippen LogP contribution is 2.30. The lowest BCUT2D eigenvalue weighted by atomic mass is 9.92. The summed E-state index contributed by atoms with van der Waals surface area (Å²) in [4.78, 5) is 7.07. The van der Waals surface area contributed by atoms with Crippen molar-refractivity contribution in [3.05, 3.63) is 83.2 Å². The monoisotopic (exact) mass is 429 g/mol. The van der Waals surface area contributed by atoms with Crippen LogP contribution in [0, 0.1) is 24.2 Å².